The van der Waals surface area contributed by atoms with Gasteiger partial charge in [-0.15, -0.1) is 0 Å². The third kappa shape index (κ3) is 2.24. The Morgan fingerprint density at radius 2 is 1.47 bits per heavy atom. The van der Waals surface area contributed by atoms with Crippen LogP contribution in [0.5, 0.6) is 0 Å². The lowest BCUT2D eigenvalue weighted by molar-refractivity contribution is 1.09. The summed E-state index contributed by atoms with van der Waals surface area (Å²) in [7, 11) is 0. The summed E-state index contributed by atoms with van der Waals surface area (Å²) in [4.78, 5) is 4.54. The molecule has 3 aromatic rings. The van der Waals surface area contributed by atoms with Crippen LogP contribution in [0.1, 0.15) is 18.9 Å². The van der Waals surface area contributed by atoms with Gasteiger partial charge in [0.25, 0.3) is 0 Å². The number of hydrogen-bond donors (Lipinski definition) is 0. The highest BCUT2D eigenvalue weighted by Gasteiger charge is 2.05. The molecule has 0 atom stereocenters. The van der Waals surface area contributed by atoms with Gasteiger partial charge in [0.15, 0.2) is 0 Å². The molecule has 94 valence electrons. The van der Waals surface area contributed by atoms with Gasteiger partial charge in [-0.3, -0.25) is 4.99 Å². The number of fused-ring (bicyclic) bond motifs is 2. The van der Waals surface area contributed by atoms with Crippen LogP contribution in [-0.4, -0.2) is 6.21 Å². The molecule has 1 nitrogen and oxygen atoms in total. The molecule has 3 rings (SSSR count). The number of hydrogen-bond acceptors (Lipinski definition) is 1. The number of aliphatic imine (C=N–C) groups is 1. The highest BCUT2D eigenvalue weighted by atomic mass is 14.7. The van der Waals surface area contributed by atoms with E-state index in [0.29, 0.717) is 0 Å². The summed E-state index contributed by atoms with van der Waals surface area (Å²) in [5.74, 6) is 0. The minimum atomic E-state index is 0.760. The second kappa shape index (κ2) is 5.23. The Morgan fingerprint density at radius 3 is 2.05 bits per heavy atom. The molecule has 0 radical (unpaired) electrons. The van der Waals surface area contributed by atoms with Crippen LogP contribution in [0.3, 0.4) is 0 Å². The van der Waals surface area contributed by atoms with Crippen LogP contribution < -0.4 is 0 Å². The maximum absolute atomic E-state index is 4.54. The van der Waals surface area contributed by atoms with E-state index >= 15 is 0 Å². The van der Waals surface area contributed by atoms with Crippen molar-refractivity contribution >= 4 is 27.8 Å². The third-order valence-electron chi connectivity index (χ3n) is 3.44. The van der Waals surface area contributed by atoms with E-state index < -0.39 is 0 Å². The van der Waals surface area contributed by atoms with Crippen LogP contribution in [0.4, 0.5) is 0 Å². The molecule has 0 aromatic heterocycles. The first-order valence-corrected chi connectivity index (χ1v) is 6.78. The Bertz CT molecular complexity index is 687. The molecular formula is C18H17N. The van der Waals surface area contributed by atoms with Gasteiger partial charge in [-0.05, 0) is 45.8 Å². The normalized spacial score (nSPS) is 11.6. The van der Waals surface area contributed by atoms with E-state index in [1.165, 1.54) is 27.1 Å². The summed E-state index contributed by atoms with van der Waals surface area (Å²) in [5, 5.41) is 5.22. The molecule has 1 heteroatoms. The Hall–Kier alpha value is -2.15. The largest absolute Gasteiger partial charge is 0.293 e. The molecule has 0 amide bonds. The summed E-state index contributed by atoms with van der Waals surface area (Å²) in [5.41, 5.74) is 1.33. The van der Waals surface area contributed by atoms with Crippen molar-refractivity contribution in [1.82, 2.24) is 0 Å². The second-order valence-electron chi connectivity index (χ2n) is 4.73. The van der Waals surface area contributed by atoms with Crippen LogP contribution >= 0.6 is 0 Å². The van der Waals surface area contributed by atoms with E-state index in [0.717, 1.165) is 13.0 Å². The van der Waals surface area contributed by atoms with Crippen molar-refractivity contribution in [3.63, 3.8) is 0 Å². The summed E-state index contributed by atoms with van der Waals surface area (Å²) in [6.45, 7) is 2.88. The fourth-order valence-electron chi connectivity index (χ4n) is 2.56. The highest BCUT2D eigenvalue weighted by molar-refractivity contribution is 6.02. The Labute approximate surface area is 113 Å². The summed E-state index contributed by atoms with van der Waals surface area (Å²) in [6.07, 6.45) is 2.99. The molecule has 0 aliphatic heterocycles. The van der Waals surface area contributed by atoms with Crippen molar-refractivity contribution in [1.29, 1.82) is 0 Å². The van der Waals surface area contributed by atoms with Crippen molar-refractivity contribution in [2.45, 2.75) is 19.9 Å². The van der Waals surface area contributed by atoms with Crippen LogP contribution in [0.25, 0.3) is 21.5 Å². The average molecular weight is 247 g/mol. The maximum Gasteiger partial charge on any atom is 0.0647 e. The summed E-state index contributed by atoms with van der Waals surface area (Å²) >= 11 is 0. The fourth-order valence-corrected chi connectivity index (χ4v) is 2.56. The van der Waals surface area contributed by atoms with Crippen molar-refractivity contribution in [3.05, 3.63) is 60.2 Å². The predicted octanol–water partition coefficient (Wildman–Crippen LogP) is 4.97. The number of nitrogens with zero attached hydrogens (tertiary/aromatic N) is 1. The zero-order chi connectivity index (χ0) is 13.1. The third-order valence-corrected chi connectivity index (χ3v) is 3.44. The summed E-state index contributed by atoms with van der Waals surface area (Å²) in [6, 6.07) is 19.4. The molecule has 3 aromatic carbocycles. The Balaban J connectivity index is 2.29. The minimum absolute atomic E-state index is 0.760. The quantitative estimate of drug-likeness (QED) is 0.457. The fraction of sp³-hybridized carbons (Fsp3) is 0.167. The lowest BCUT2D eigenvalue weighted by Crippen LogP contribution is -1.89. The molecule has 0 aliphatic carbocycles. The minimum Gasteiger partial charge on any atom is -0.293 e. The maximum atomic E-state index is 4.54. The van der Waals surface area contributed by atoms with E-state index in [4.69, 9.17) is 0 Å². The van der Waals surface area contributed by atoms with E-state index in [-0.39, 0.29) is 0 Å². The first-order valence-electron chi connectivity index (χ1n) is 6.78. The smallest absolute Gasteiger partial charge is 0.0647 e. The van der Waals surface area contributed by atoms with Crippen molar-refractivity contribution in [2.75, 3.05) is 0 Å². The van der Waals surface area contributed by atoms with Crippen LogP contribution in [0, 0.1) is 0 Å². The average Bonchev–Trinajstić information content (AvgIpc) is 2.46. The van der Waals surface area contributed by atoms with Gasteiger partial charge >= 0.3 is 0 Å². The van der Waals surface area contributed by atoms with Crippen LogP contribution in [0.2, 0.25) is 0 Å². The monoisotopic (exact) mass is 247 g/mol. The SMILES string of the molecule is CCC=NCc1c2ccccc2cc2ccccc12. The molecular weight excluding hydrogens is 230 g/mol. The molecule has 0 heterocycles. The molecule has 0 fully saturated rings. The molecule has 19 heavy (non-hydrogen) atoms. The second-order valence-corrected chi connectivity index (χ2v) is 4.73. The molecule has 0 saturated heterocycles. The van der Waals surface area contributed by atoms with Gasteiger partial charge in [0.05, 0.1) is 6.54 Å². The highest BCUT2D eigenvalue weighted by Crippen LogP contribution is 2.28. The molecule has 0 spiro atoms. The Kier molecular flexibility index (Phi) is 3.28. The van der Waals surface area contributed by atoms with Gasteiger partial charge in [0.1, 0.15) is 0 Å². The van der Waals surface area contributed by atoms with Gasteiger partial charge in [-0.1, -0.05) is 55.5 Å². The van der Waals surface area contributed by atoms with E-state index in [9.17, 15) is 0 Å². The van der Waals surface area contributed by atoms with Gasteiger partial charge < -0.3 is 0 Å². The van der Waals surface area contributed by atoms with Crippen molar-refractivity contribution in [3.8, 4) is 0 Å². The predicted molar refractivity (Wildman–Crippen MR) is 83.9 cm³/mol. The first-order chi connectivity index (χ1) is 9.40. The van der Waals surface area contributed by atoms with Crippen molar-refractivity contribution < 1.29 is 0 Å². The van der Waals surface area contributed by atoms with Gasteiger partial charge in [-0.2, -0.15) is 0 Å². The molecule has 0 unspecified atom stereocenters. The van der Waals surface area contributed by atoms with Gasteiger partial charge in [-0.25, -0.2) is 0 Å². The lowest BCUT2D eigenvalue weighted by atomic mass is 9.97. The van der Waals surface area contributed by atoms with Crippen LogP contribution in [0.15, 0.2) is 59.6 Å². The number of rotatable bonds is 3. The molecule has 0 bridgehead atoms. The topological polar surface area (TPSA) is 12.4 Å². The van der Waals surface area contributed by atoms with Crippen molar-refractivity contribution in [2.24, 2.45) is 4.99 Å². The first kappa shape index (κ1) is 11.9. The zero-order valence-electron chi connectivity index (χ0n) is 11.1. The van der Waals surface area contributed by atoms with Gasteiger partial charge in [0, 0.05) is 0 Å². The molecule has 0 saturated carbocycles. The zero-order valence-corrected chi connectivity index (χ0v) is 11.1. The van der Waals surface area contributed by atoms with E-state index in [2.05, 4.69) is 66.5 Å². The molecule has 0 aliphatic rings. The van der Waals surface area contributed by atoms with Crippen LogP contribution in [-0.2, 0) is 6.54 Å². The molecule has 0 N–H and O–H groups in total. The Morgan fingerprint density at radius 1 is 0.895 bits per heavy atom. The lowest BCUT2D eigenvalue weighted by Gasteiger charge is -2.09. The summed E-state index contributed by atoms with van der Waals surface area (Å²) < 4.78 is 0. The number of benzene rings is 3. The van der Waals surface area contributed by atoms with E-state index in [1.807, 2.05) is 6.21 Å². The standard InChI is InChI=1S/C18H17N/c1-2-11-19-13-18-16-9-5-3-7-14(16)12-15-8-4-6-10-17(15)18/h3-12H,2,13H2,1H3. The van der Waals surface area contributed by atoms with E-state index in [1.54, 1.807) is 0 Å². The van der Waals surface area contributed by atoms with Gasteiger partial charge in [0.2, 0.25) is 0 Å².